The maximum absolute atomic E-state index is 11.8. The van der Waals surface area contributed by atoms with Crippen LogP contribution in [0.5, 0.6) is 0 Å². The summed E-state index contributed by atoms with van der Waals surface area (Å²) in [6.07, 6.45) is 4.86. The third-order valence-electron chi connectivity index (χ3n) is 2.47. The van der Waals surface area contributed by atoms with Crippen LogP contribution in [0.1, 0.15) is 0 Å². The summed E-state index contributed by atoms with van der Waals surface area (Å²) in [5.41, 5.74) is 0.740. The minimum atomic E-state index is -0.250. The van der Waals surface area contributed by atoms with E-state index in [0.29, 0.717) is 23.5 Å². The summed E-state index contributed by atoms with van der Waals surface area (Å²) in [4.78, 5) is 22.6. The van der Waals surface area contributed by atoms with E-state index in [1.807, 2.05) is 0 Å². The number of aliphatic hydroxyl groups is 1. The quantitative estimate of drug-likeness (QED) is 0.600. The van der Waals surface area contributed by atoms with E-state index in [0.717, 1.165) is 0 Å². The molecule has 0 atom stereocenters. The number of rotatable bonds is 2. The molecule has 82 valence electrons. The van der Waals surface area contributed by atoms with E-state index >= 15 is 0 Å². The van der Waals surface area contributed by atoms with Gasteiger partial charge in [-0.25, -0.2) is 9.97 Å². The van der Waals surface area contributed by atoms with Crippen LogP contribution >= 0.6 is 0 Å². The van der Waals surface area contributed by atoms with Crippen molar-refractivity contribution in [1.29, 1.82) is 0 Å². The third-order valence-corrected chi connectivity index (χ3v) is 2.47. The first-order valence-corrected chi connectivity index (χ1v) is 4.82. The fraction of sp³-hybridized carbons (Fsp3) is 0.222. The predicted octanol–water partition coefficient (Wildman–Crippen LogP) is -0.635. The van der Waals surface area contributed by atoms with E-state index < -0.39 is 0 Å². The molecule has 0 amide bonds. The number of nitrogens with one attached hydrogen (secondary N) is 1. The number of fused-ring (bicyclic) bond motifs is 3. The van der Waals surface area contributed by atoms with Crippen LogP contribution in [-0.2, 0) is 6.54 Å². The lowest BCUT2D eigenvalue weighted by Crippen LogP contribution is -2.14. The van der Waals surface area contributed by atoms with Crippen LogP contribution in [0.3, 0.4) is 0 Å². The predicted molar refractivity (Wildman–Crippen MR) is 56.2 cm³/mol. The average molecular weight is 219 g/mol. The molecule has 0 unspecified atom stereocenters. The summed E-state index contributed by atoms with van der Waals surface area (Å²) in [5, 5.41) is 8.88. The lowest BCUT2D eigenvalue weighted by atomic mass is 10.5. The molecule has 0 saturated carbocycles. The molecule has 0 aliphatic heterocycles. The standard InChI is InChI=1S/C9H9N5O2/c15-4-3-13-5-11-7-6(13)8(16)12-9-10-1-2-14(7)9/h1-2,5,15H,3-4H2,(H,10,12,16). The lowest BCUT2D eigenvalue weighted by Gasteiger charge is -2.00. The largest absolute Gasteiger partial charge is 0.395 e. The number of nitrogens with zero attached hydrogens (tertiary/aromatic N) is 4. The molecule has 7 nitrogen and oxygen atoms in total. The molecule has 0 radical (unpaired) electrons. The van der Waals surface area contributed by atoms with E-state index in [2.05, 4.69) is 15.0 Å². The molecule has 0 aromatic carbocycles. The van der Waals surface area contributed by atoms with Crippen molar-refractivity contribution in [3.63, 3.8) is 0 Å². The zero-order chi connectivity index (χ0) is 11.1. The van der Waals surface area contributed by atoms with Crippen molar-refractivity contribution in [3.8, 4) is 0 Å². The molecule has 0 bridgehead atoms. The first-order valence-electron chi connectivity index (χ1n) is 4.82. The fourth-order valence-corrected chi connectivity index (χ4v) is 1.78. The van der Waals surface area contributed by atoms with Gasteiger partial charge in [0.1, 0.15) is 0 Å². The maximum Gasteiger partial charge on any atom is 0.278 e. The number of imidazole rings is 2. The monoisotopic (exact) mass is 219 g/mol. The van der Waals surface area contributed by atoms with Gasteiger partial charge in [-0.05, 0) is 0 Å². The highest BCUT2D eigenvalue weighted by Gasteiger charge is 2.10. The lowest BCUT2D eigenvalue weighted by molar-refractivity contribution is 0.277. The van der Waals surface area contributed by atoms with Crippen LogP contribution in [0, 0.1) is 0 Å². The van der Waals surface area contributed by atoms with Gasteiger partial charge in [-0.3, -0.25) is 14.2 Å². The van der Waals surface area contributed by atoms with Gasteiger partial charge in [-0.1, -0.05) is 0 Å². The minimum Gasteiger partial charge on any atom is -0.395 e. The van der Waals surface area contributed by atoms with Crippen LogP contribution in [0.15, 0.2) is 23.5 Å². The Bertz CT molecular complexity index is 707. The summed E-state index contributed by atoms with van der Waals surface area (Å²) >= 11 is 0. The molecule has 0 spiro atoms. The zero-order valence-electron chi connectivity index (χ0n) is 8.29. The SMILES string of the molecule is O=c1[nH]c2nccn2c2ncn(CCO)c12. The molecule has 3 rings (SSSR count). The van der Waals surface area contributed by atoms with Gasteiger partial charge in [0, 0.05) is 18.9 Å². The molecule has 3 aromatic rings. The van der Waals surface area contributed by atoms with Gasteiger partial charge < -0.3 is 9.67 Å². The Labute approximate surface area is 89.0 Å². The molecule has 0 fully saturated rings. The van der Waals surface area contributed by atoms with Gasteiger partial charge in [-0.2, -0.15) is 0 Å². The molecule has 3 aromatic heterocycles. The van der Waals surface area contributed by atoms with E-state index in [1.54, 1.807) is 21.4 Å². The van der Waals surface area contributed by atoms with E-state index in [-0.39, 0.29) is 12.2 Å². The van der Waals surface area contributed by atoms with E-state index in [4.69, 9.17) is 5.11 Å². The molecule has 0 aliphatic rings. The average Bonchev–Trinajstić information content (AvgIpc) is 2.84. The van der Waals surface area contributed by atoms with Crippen molar-refractivity contribution in [2.45, 2.75) is 6.54 Å². The third kappa shape index (κ3) is 1.09. The van der Waals surface area contributed by atoms with Crippen LogP contribution < -0.4 is 5.56 Å². The summed E-state index contributed by atoms with van der Waals surface area (Å²) in [5.74, 6) is 0.465. The van der Waals surface area contributed by atoms with Gasteiger partial charge in [-0.15, -0.1) is 0 Å². The van der Waals surface area contributed by atoms with Gasteiger partial charge in [0.05, 0.1) is 12.9 Å². The van der Waals surface area contributed by atoms with Crippen molar-refractivity contribution in [1.82, 2.24) is 23.9 Å². The Balaban J connectivity index is 2.47. The smallest absolute Gasteiger partial charge is 0.278 e. The molecule has 2 N–H and O–H groups in total. The summed E-state index contributed by atoms with van der Waals surface area (Å²) in [6, 6.07) is 0. The van der Waals surface area contributed by atoms with Crippen molar-refractivity contribution < 1.29 is 5.11 Å². The Morgan fingerprint density at radius 1 is 1.44 bits per heavy atom. The number of aromatic amines is 1. The Kier molecular flexibility index (Phi) is 1.80. The second-order valence-electron chi connectivity index (χ2n) is 3.41. The van der Waals surface area contributed by atoms with E-state index in [9.17, 15) is 4.79 Å². The van der Waals surface area contributed by atoms with Gasteiger partial charge in [0.2, 0.25) is 5.78 Å². The van der Waals surface area contributed by atoms with Gasteiger partial charge in [0.15, 0.2) is 11.2 Å². The summed E-state index contributed by atoms with van der Waals surface area (Å²) in [7, 11) is 0. The van der Waals surface area contributed by atoms with E-state index in [1.165, 1.54) is 6.33 Å². The molecule has 0 aliphatic carbocycles. The minimum absolute atomic E-state index is 0.0349. The fourth-order valence-electron chi connectivity index (χ4n) is 1.78. The van der Waals surface area contributed by atoms with Crippen molar-refractivity contribution in [2.75, 3.05) is 6.61 Å². The number of aromatic nitrogens is 5. The van der Waals surface area contributed by atoms with Crippen LogP contribution in [0.2, 0.25) is 0 Å². The maximum atomic E-state index is 11.8. The summed E-state index contributed by atoms with van der Waals surface area (Å²) in [6.45, 7) is 0.312. The molecule has 7 heteroatoms. The van der Waals surface area contributed by atoms with Crippen LogP contribution in [-0.4, -0.2) is 35.6 Å². The van der Waals surface area contributed by atoms with Crippen molar-refractivity contribution >= 4 is 16.9 Å². The van der Waals surface area contributed by atoms with Crippen molar-refractivity contribution in [2.24, 2.45) is 0 Å². The highest BCUT2D eigenvalue weighted by atomic mass is 16.3. The highest BCUT2D eigenvalue weighted by molar-refractivity contribution is 5.72. The first-order chi connectivity index (χ1) is 7.81. The Morgan fingerprint density at radius 3 is 3.12 bits per heavy atom. The molecule has 3 heterocycles. The Hall–Kier alpha value is -2.15. The topological polar surface area (TPSA) is 88.2 Å². The second kappa shape index (κ2) is 3.17. The molecular weight excluding hydrogens is 210 g/mol. The number of H-pyrrole nitrogens is 1. The van der Waals surface area contributed by atoms with Gasteiger partial charge >= 0.3 is 0 Å². The van der Waals surface area contributed by atoms with Crippen LogP contribution in [0.4, 0.5) is 0 Å². The molecule has 0 saturated heterocycles. The summed E-state index contributed by atoms with van der Waals surface area (Å²) < 4.78 is 3.32. The Morgan fingerprint density at radius 2 is 2.31 bits per heavy atom. The molecule has 16 heavy (non-hydrogen) atoms. The number of hydrogen-bond donors (Lipinski definition) is 2. The normalized spacial score (nSPS) is 11.6. The number of aliphatic hydroxyl groups excluding tert-OH is 1. The van der Waals surface area contributed by atoms with Gasteiger partial charge in [0.25, 0.3) is 5.56 Å². The first kappa shape index (κ1) is 9.10. The van der Waals surface area contributed by atoms with Crippen molar-refractivity contribution in [3.05, 3.63) is 29.1 Å². The number of hydrogen-bond acceptors (Lipinski definition) is 4. The highest BCUT2D eigenvalue weighted by Crippen LogP contribution is 2.08. The second-order valence-corrected chi connectivity index (χ2v) is 3.41. The zero-order valence-corrected chi connectivity index (χ0v) is 8.29. The van der Waals surface area contributed by atoms with Crippen LogP contribution in [0.25, 0.3) is 16.9 Å². The molecular formula is C9H9N5O2.